The number of nitro groups is 1. The molecule has 4 nitrogen and oxygen atoms in total. The molecular formula is C18H14Cl2N2O2. The van der Waals surface area contributed by atoms with Crippen LogP contribution >= 0.6 is 23.2 Å². The molecule has 3 atom stereocenters. The lowest BCUT2D eigenvalue weighted by Gasteiger charge is -2.37. The van der Waals surface area contributed by atoms with Gasteiger partial charge in [0, 0.05) is 12.0 Å². The zero-order chi connectivity index (χ0) is 16.8. The monoisotopic (exact) mass is 360 g/mol. The molecule has 122 valence electrons. The van der Waals surface area contributed by atoms with Crippen LogP contribution in [0.25, 0.3) is 0 Å². The van der Waals surface area contributed by atoms with E-state index in [0.29, 0.717) is 15.7 Å². The van der Waals surface area contributed by atoms with Crippen LogP contribution in [0.5, 0.6) is 0 Å². The molecule has 24 heavy (non-hydrogen) atoms. The zero-order valence-electron chi connectivity index (χ0n) is 12.6. The number of fused-ring (bicyclic) bond motifs is 3. The van der Waals surface area contributed by atoms with E-state index in [2.05, 4.69) is 17.5 Å². The number of rotatable bonds is 2. The molecular weight excluding hydrogens is 347 g/mol. The Bertz CT molecular complexity index is 866. The third-order valence-corrected chi connectivity index (χ3v) is 5.72. The number of halogens is 2. The van der Waals surface area contributed by atoms with E-state index in [9.17, 15) is 10.1 Å². The summed E-state index contributed by atoms with van der Waals surface area (Å²) in [7, 11) is 0. The van der Waals surface area contributed by atoms with E-state index in [0.717, 1.165) is 17.5 Å². The van der Waals surface area contributed by atoms with Gasteiger partial charge in [0.2, 0.25) is 0 Å². The van der Waals surface area contributed by atoms with Gasteiger partial charge in [0.15, 0.2) is 0 Å². The fraction of sp³-hybridized carbons (Fsp3) is 0.222. The fourth-order valence-electron chi connectivity index (χ4n) is 3.83. The number of nitro benzene ring substituents is 1. The standard InChI is InChI=1S/C18H14Cl2N2O2/c19-14-8-2-7-13(16(14)20)17-11-5-1-4-10(11)12-6-3-9-15(22(23)24)18(12)21-17/h1-4,6-11,17,21H,5H2/t10-,11+,17+/m0/s1. The number of para-hydroxylation sites is 1. The number of benzene rings is 2. The molecule has 2 aromatic carbocycles. The van der Waals surface area contributed by atoms with Crippen molar-refractivity contribution < 1.29 is 4.92 Å². The summed E-state index contributed by atoms with van der Waals surface area (Å²) in [5, 5.41) is 15.8. The largest absolute Gasteiger partial charge is 0.372 e. The van der Waals surface area contributed by atoms with E-state index in [1.807, 2.05) is 18.2 Å². The molecule has 1 heterocycles. The number of nitrogens with one attached hydrogen (secondary N) is 1. The third-order valence-electron chi connectivity index (χ3n) is 4.89. The molecule has 0 radical (unpaired) electrons. The van der Waals surface area contributed by atoms with Crippen molar-refractivity contribution in [1.29, 1.82) is 0 Å². The molecule has 6 heteroatoms. The summed E-state index contributed by atoms with van der Waals surface area (Å²) in [6.07, 6.45) is 5.17. The molecule has 1 aliphatic heterocycles. The first-order valence-corrected chi connectivity index (χ1v) is 8.48. The third kappa shape index (κ3) is 2.29. The van der Waals surface area contributed by atoms with Gasteiger partial charge in [-0.25, -0.2) is 0 Å². The predicted molar refractivity (Wildman–Crippen MR) is 95.9 cm³/mol. The molecule has 0 spiro atoms. The van der Waals surface area contributed by atoms with Crippen LogP contribution in [0.3, 0.4) is 0 Å². The summed E-state index contributed by atoms with van der Waals surface area (Å²) in [5.74, 6) is 0.400. The van der Waals surface area contributed by atoms with Crippen molar-refractivity contribution in [3.8, 4) is 0 Å². The Morgan fingerprint density at radius 1 is 1.12 bits per heavy atom. The molecule has 0 unspecified atom stereocenters. The minimum absolute atomic E-state index is 0.0920. The van der Waals surface area contributed by atoms with E-state index in [-0.39, 0.29) is 28.5 Å². The van der Waals surface area contributed by atoms with Crippen molar-refractivity contribution in [2.24, 2.45) is 5.92 Å². The van der Waals surface area contributed by atoms with Gasteiger partial charge in [-0.05, 0) is 29.5 Å². The first-order chi connectivity index (χ1) is 11.6. The molecule has 0 saturated heterocycles. The fourth-order valence-corrected chi connectivity index (χ4v) is 4.25. The van der Waals surface area contributed by atoms with Crippen LogP contribution in [0.4, 0.5) is 11.4 Å². The van der Waals surface area contributed by atoms with Gasteiger partial charge in [-0.2, -0.15) is 0 Å². The molecule has 4 rings (SSSR count). The van der Waals surface area contributed by atoms with E-state index in [1.165, 1.54) is 6.07 Å². The quantitative estimate of drug-likeness (QED) is 0.422. The topological polar surface area (TPSA) is 55.2 Å². The molecule has 0 fully saturated rings. The van der Waals surface area contributed by atoms with Crippen molar-refractivity contribution >= 4 is 34.6 Å². The van der Waals surface area contributed by atoms with Crippen molar-refractivity contribution in [2.45, 2.75) is 18.4 Å². The van der Waals surface area contributed by atoms with Crippen molar-refractivity contribution in [3.63, 3.8) is 0 Å². The van der Waals surface area contributed by atoms with Gasteiger partial charge >= 0.3 is 0 Å². The maximum atomic E-state index is 11.4. The number of nitrogens with zero attached hydrogens (tertiary/aromatic N) is 1. The van der Waals surface area contributed by atoms with E-state index >= 15 is 0 Å². The number of hydrogen-bond donors (Lipinski definition) is 1. The molecule has 0 aromatic heterocycles. The summed E-state index contributed by atoms with van der Waals surface area (Å²) in [5.41, 5.74) is 2.52. The highest BCUT2D eigenvalue weighted by Crippen LogP contribution is 2.53. The maximum absolute atomic E-state index is 11.4. The van der Waals surface area contributed by atoms with Gasteiger partial charge in [-0.3, -0.25) is 10.1 Å². The van der Waals surface area contributed by atoms with Gasteiger partial charge in [0.05, 0.1) is 21.0 Å². The Labute approximate surface area is 149 Å². The summed E-state index contributed by atoms with van der Waals surface area (Å²) in [6.45, 7) is 0. The molecule has 1 N–H and O–H groups in total. The van der Waals surface area contributed by atoms with Crippen LogP contribution in [-0.2, 0) is 0 Å². The highest BCUT2D eigenvalue weighted by molar-refractivity contribution is 6.42. The molecule has 1 aliphatic carbocycles. The van der Waals surface area contributed by atoms with Crippen LogP contribution in [0.2, 0.25) is 10.0 Å². The average molecular weight is 361 g/mol. The highest BCUT2D eigenvalue weighted by Gasteiger charge is 2.41. The normalized spacial score (nSPS) is 24.2. The van der Waals surface area contributed by atoms with Gasteiger partial charge in [-0.15, -0.1) is 0 Å². The Morgan fingerprint density at radius 3 is 2.67 bits per heavy atom. The maximum Gasteiger partial charge on any atom is 0.292 e. The smallest absolute Gasteiger partial charge is 0.292 e. The zero-order valence-corrected chi connectivity index (χ0v) is 14.1. The van der Waals surface area contributed by atoms with Crippen LogP contribution < -0.4 is 5.32 Å². The highest BCUT2D eigenvalue weighted by atomic mass is 35.5. The lowest BCUT2D eigenvalue weighted by atomic mass is 9.77. The number of hydrogen-bond acceptors (Lipinski definition) is 3. The average Bonchev–Trinajstić information content (AvgIpc) is 3.06. The van der Waals surface area contributed by atoms with Crippen molar-refractivity contribution in [2.75, 3.05) is 5.32 Å². The minimum Gasteiger partial charge on any atom is -0.372 e. The predicted octanol–water partition coefficient (Wildman–Crippen LogP) is 5.73. The SMILES string of the molecule is O=[N+]([O-])c1cccc2c1N[C@@H](c1cccc(Cl)c1Cl)[C@@H]1CC=C[C@H]21. The molecule has 0 amide bonds. The van der Waals surface area contributed by atoms with Gasteiger partial charge in [-0.1, -0.05) is 59.6 Å². The lowest BCUT2D eigenvalue weighted by molar-refractivity contribution is -0.384. The van der Waals surface area contributed by atoms with Crippen molar-refractivity contribution in [1.82, 2.24) is 0 Å². The van der Waals surface area contributed by atoms with E-state index in [1.54, 1.807) is 12.1 Å². The summed E-state index contributed by atoms with van der Waals surface area (Å²) in [6, 6.07) is 10.6. The molecule has 0 bridgehead atoms. The molecule has 2 aromatic rings. The van der Waals surface area contributed by atoms with E-state index < -0.39 is 0 Å². The second-order valence-corrected chi connectivity index (χ2v) is 6.90. The van der Waals surface area contributed by atoms with Crippen LogP contribution in [0.1, 0.15) is 29.5 Å². The Balaban J connectivity index is 1.88. The second-order valence-electron chi connectivity index (χ2n) is 6.12. The van der Waals surface area contributed by atoms with Gasteiger partial charge < -0.3 is 5.32 Å². The van der Waals surface area contributed by atoms with Crippen molar-refractivity contribution in [3.05, 3.63) is 79.8 Å². The number of allylic oxidation sites excluding steroid dienone is 2. The lowest BCUT2D eigenvalue weighted by Crippen LogP contribution is -2.29. The first kappa shape index (κ1) is 15.5. The summed E-state index contributed by atoms with van der Waals surface area (Å²) >= 11 is 12.6. The Morgan fingerprint density at radius 2 is 1.88 bits per heavy atom. The minimum atomic E-state index is -0.346. The van der Waals surface area contributed by atoms with Crippen LogP contribution in [0, 0.1) is 16.0 Å². The Kier molecular flexibility index (Phi) is 3.74. The summed E-state index contributed by atoms with van der Waals surface area (Å²) < 4.78 is 0. The molecule has 2 aliphatic rings. The first-order valence-electron chi connectivity index (χ1n) is 7.72. The van der Waals surface area contributed by atoms with Crippen LogP contribution in [-0.4, -0.2) is 4.92 Å². The Hall–Kier alpha value is -2.04. The van der Waals surface area contributed by atoms with Crippen LogP contribution in [0.15, 0.2) is 48.6 Å². The van der Waals surface area contributed by atoms with Gasteiger partial charge in [0.25, 0.3) is 5.69 Å². The van der Waals surface area contributed by atoms with E-state index in [4.69, 9.17) is 23.2 Å². The summed E-state index contributed by atoms with van der Waals surface area (Å²) in [4.78, 5) is 11.1. The molecule has 0 saturated carbocycles. The van der Waals surface area contributed by atoms with Gasteiger partial charge in [0.1, 0.15) is 5.69 Å². The number of anilines is 1. The second kappa shape index (κ2) is 5.80.